The molecule has 0 bridgehead atoms. The van der Waals surface area contributed by atoms with Gasteiger partial charge in [0.2, 0.25) is 0 Å². The van der Waals surface area contributed by atoms with Crippen molar-refractivity contribution in [1.29, 1.82) is 5.26 Å². The van der Waals surface area contributed by atoms with Crippen LogP contribution in [0.3, 0.4) is 0 Å². The predicted molar refractivity (Wildman–Crippen MR) is 75.1 cm³/mol. The highest BCUT2D eigenvalue weighted by molar-refractivity contribution is 7.16. The van der Waals surface area contributed by atoms with Crippen LogP contribution in [0.1, 0.15) is 28.5 Å². The maximum atomic E-state index is 13.3. The van der Waals surface area contributed by atoms with E-state index in [0.717, 1.165) is 22.9 Å². The fourth-order valence-corrected chi connectivity index (χ4v) is 3.74. The van der Waals surface area contributed by atoms with Crippen molar-refractivity contribution >= 4 is 28.6 Å². The van der Waals surface area contributed by atoms with Crippen molar-refractivity contribution in [2.24, 2.45) is 0 Å². The highest BCUT2D eigenvalue weighted by Crippen LogP contribution is 2.40. The molecular formula is C14H10ClFN2S. The Labute approximate surface area is 119 Å². The van der Waals surface area contributed by atoms with Crippen molar-refractivity contribution < 1.29 is 4.39 Å². The number of rotatable bonds is 2. The molecule has 0 aliphatic heterocycles. The highest BCUT2D eigenvalue weighted by atomic mass is 35.5. The van der Waals surface area contributed by atoms with Gasteiger partial charge in [0.15, 0.2) is 0 Å². The van der Waals surface area contributed by atoms with E-state index >= 15 is 0 Å². The summed E-state index contributed by atoms with van der Waals surface area (Å²) in [4.78, 5) is 1.31. The summed E-state index contributed by atoms with van der Waals surface area (Å²) in [5.41, 5.74) is 2.04. The van der Waals surface area contributed by atoms with Gasteiger partial charge in [0, 0.05) is 10.6 Å². The lowest BCUT2D eigenvalue weighted by Gasteiger charge is -2.14. The van der Waals surface area contributed by atoms with Gasteiger partial charge in [0.1, 0.15) is 11.9 Å². The summed E-state index contributed by atoms with van der Waals surface area (Å²) < 4.78 is 14.1. The van der Waals surface area contributed by atoms with Crippen LogP contribution >= 0.6 is 22.9 Å². The van der Waals surface area contributed by atoms with E-state index in [1.165, 1.54) is 16.5 Å². The second-order valence-electron chi connectivity index (χ2n) is 4.47. The van der Waals surface area contributed by atoms with Gasteiger partial charge in [-0.2, -0.15) is 5.26 Å². The van der Waals surface area contributed by atoms with E-state index in [1.54, 1.807) is 23.5 Å². The number of hydrogen-bond donors (Lipinski definition) is 1. The van der Waals surface area contributed by atoms with E-state index in [2.05, 4.69) is 5.32 Å². The van der Waals surface area contributed by atoms with Gasteiger partial charge in [-0.3, -0.25) is 0 Å². The van der Waals surface area contributed by atoms with Gasteiger partial charge in [0.25, 0.3) is 0 Å². The van der Waals surface area contributed by atoms with Gasteiger partial charge in [-0.15, -0.1) is 11.3 Å². The molecule has 0 saturated carbocycles. The number of nitriles is 1. The Balaban J connectivity index is 1.85. The van der Waals surface area contributed by atoms with Gasteiger partial charge in [-0.1, -0.05) is 11.6 Å². The van der Waals surface area contributed by atoms with Gasteiger partial charge < -0.3 is 5.32 Å². The van der Waals surface area contributed by atoms with Crippen LogP contribution in [0, 0.1) is 17.1 Å². The molecule has 1 N–H and O–H groups in total. The molecule has 1 aliphatic carbocycles. The van der Waals surface area contributed by atoms with E-state index in [-0.39, 0.29) is 11.6 Å². The zero-order valence-corrected chi connectivity index (χ0v) is 11.5. The molecule has 0 radical (unpaired) electrons. The Morgan fingerprint density at radius 1 is 1.42 bits per heavy atom. The molecule has 1 aliphatic rings. The third-order valence-electron chi connectivity index (χ3n) is 3.27. The van der Waals surface area contributed by atoms with Crippen LogP contribution in [-0.4, -0.2) is 0 Å². The summed E-state index contributed by atoms with van der Waals surface area (Å²) >= 11 is 7.63. The third kappa shape index (κ3) is 2.32. The predicted octanol–water partition coefficient (Wildman–Crippen LogP) is 4.51. The first kappa shape index (κ1) is 12.5. The number of anilines is 1. The zero-order chi connectivity index (χ0) is 13.4. The first-order chi connectivity index (χ1) is 9.17. The zero-order valence-electron chi connectivity index (χ0n) is 9.91. The van der Waals surface area contributed by atoms with E-state index < -0.39 is 5.82 Å². The molecule has 2 nitrogen and oxygen atoms in total. The Morgan fingerprint density at radius 3 is 3.05 bits per heavy atom. The average Bonchev–Trinajstić information content (AvgIpc) is 2.92. The van der Waals surface area contributed by atoms with Crippen LogP contribution in [0.5, 0.6) is 0 Å². The summed E-state index contributed by atoms with van der Waals surface area (Å²) in [6.45, 7) is 0. The highest BCUT2D eigenvalue weighted by Gasteiger charge is 2.25. The molecule has 2 aromatic rings. The molecule has 0 fully saturated rings. The van der Waals surface area contributed by atoms with Crippen LogP contribution in [-0.2, 0) is 6.42 Å². The summed E-state index contributed by atoms with van der Waals surface area (Å²) in [6, 6.07) is 8.54. The monoisotopic (exact) mass is 292 g/mol. The fourth-order valence-electron chi connectivity index (χ4n) is 2.38. The Bertz CT molecular complexity index is 675. The molecule has 1 aromatic heterocycles. The molecule has 0 spiro atoms. The van der Waals surface area contributed by atoms with E-state index in [9.17, 15) is 4.39 Å². The average molecular weight is 293 g/mol. The third-order valence-corrected chi connectivity index (χ3v) is 4.61. The number of benzene rings is 1. The molecular weight excluding hydrogens is 283 g/mol. The first-order valence-corrected chi connectivity index (χ1v) is 7.11. The minimum Gasteiger partial charge on any atom is -0.378 e. The Hall–Kier alpha value is -1.57. The quantitative estimate of drug-likeness (QED) is 0.884. The van der Waals surface area contributed by atoms with Crippen LogP contribution in [0.15, 0.2) is 24.3 Å². The molecule has 0 amide bonds. The maximum absolute atomic E-state index is 13.3. The molecule has 1 atom stereocenters. The van der Waals surface area contributed by atoms with Crippen molar-refractivity contribution in [1.82, 2.24) is 0 Å². The molecule has 5 heteroatoms. The number of fused-ring (bicyclic) bond motifs is 1. The van der Waals surface area contributed by atoms with Crippen LogP contribution < -0.4 is 5.32 Å². The Morgan fingerprint density at radius 2 is 2.26 bits per heavy atom. The first-order valence-electron chi connectivity index (χ1n) is 5.91. The molecule has 1 heterocycles. The smallest absolute Gasteiger partial charge is 0.141 e. The minimum atomic E-state index is -0.487. The lowest BCUT2D eigenvalue weighted by Crippen LogP contribution is -2.06. The molecule has 96 valence electrons. The fraction of sp³-hybridized carbons (Fsp3) is 0.214. The van der Waals surface area contributed by atoms with E-state index in [0.29, 0.717) is 0 Å². The normalized spacial score (nSPS) is 17.0. The largest absolute Gasteiger partial charge is 0.378 e. The maximum Gasteiger partial charge on any atom is 0.141 e. The molecule has 1 unspecified atom stereocenters. The van der Waals surface area contributed by atoms with Crippen molar-refractivity contribution in [3.63, 3.8) is 0 Å². The standard InChI is InChI=1S/C14H10ClFN2S/c15-14-6-10-12(3-4-13(10)19-14)18-9-1-2-11(16)8(5-9)7-17/h1-2,5-6,12,18H,3-4H2. The topological polar surface area (TPSA) is 35.8 Å². The van der Waals surface area contributed by atoms with E-state index in [1.807, 2.05) is 12.1 Å². The van der Waals surface area contributed by atoms with Crippen molar-refractivity contribution in [3.05, 3.63) is 50.4 Å². The van der Waals surface area contributed by atoms with E-state index in [4.69, 9.17) is 16.9 Å². The number of nitrogens with zero attached hydrogens (tertiary/aromatic N) is 1. The number of aryl methyl sites for hydroxylation is 1. The van der Waals surface area contributed by atoms with Gasteiger partial charge in [-0.05, 0) is 42.7 Å². The number of halogens is 2. The number of thiophene rings is 1. The second-order valence-corrected chi connectivity index (χ2v) is 6.24. The van der Waals surface area contributed by atoms with Gasteiger partial charge in [0.05, 0.1) is 15.9 Å². The van der Waals surface area contributed by atoms with Gasteiger partial charge >= 0.3 is 0 Å². The number of nitrogens with one attached hydrogen (secondary N) is 1. The molecule has 19 heavy (non-hydrogen) atoms. The van der Waals surface area contributed by atoms with Crippen molar-refractivity contribution in [2.45, 2.75) is 18.9 Å². The number of hydrogen-bond acceptors (Lipinski definition) is 3. The Kier molecular flexibility index (Phi) is 3.17. The summed E-state index contributed by atoms with van der Waals surface area (Å²) in [5, 5.41) is 12.2. The second kappa shape index (κ2) is 4.84. The lowest BCUT2D eigenvalue weighted by molar-refractivity contribution is 0.624. The summed E-state index contributed by atoms with van der Waals surface area (Å²) in [7, 11) is 0. The van der Waals surface area contributed by atoms with Crippen LogP contribution in [0.25, 0.3) is 0 Å². The minimum absolute atomic E-state index is 0.0616. The molecule has 1 aromatic carbocycles. The van der Waals surface area contributed by atoms with Crippen molar-refractivity contribution in [3.8, 4) is 6.07 Å². The summed E-state index contributed by atoms with van der Waals surface area (Å²) in [6.07, 6.45) is 2.01. The SMILES string of the molecule is N#Cc1cc(NC2CCc3sc(Cl)cc32)ccc1F. The summed E-state index contributed by atoms with van der Waals surface area (Å²) in [5.74, 6) is -0.487. The lowest BCUT2D eigenvalue weighted by atomic mass is 10.1. The van der Waals surface area contributed by atoms with Crippen LogP contribution in [0.2, 0.25) is 4.34 Å². The van der Waals surface area contributed by atoms with Crippen molar-refractivity contribution in [2.75, 3.05) is 5.32 Å². The molecule has 0 saturated heterocycles. The molecule has 3 rings (SSSR count). The van der Waals surface area contributed by atoms with Gasteiger partial charge in [-0.25, -0.2) is 4.39 Å². The van der Waals surface area contributed by atoms with Crippen LogP contribution in [0.4, 0.5) is 10.1 Å².